The van der Waals surface area contributed by atoms with E-state index in [2.05, 4.69) is 17.4 Å². The van der Waals surface area contributed by atoms with Gasteiger partial charge >= 0.3 is 0 Å². The van der Waals surface area contributed by atoms with Gasteiger partial charge < -0.3 is 10.1 Å². The highest BCUT2D eigenvalue weighted by Gasteiger charge is 2.25. The Morgan fingerprint density at radius 2 is 2.09 bits per heavy atom. The molecule has 0 radical (unpaired) electrons. The average Bonchev–Trinajstić information content (AvgIpc) is 2.90. The summed E-state index contributed by atoms with van der Waals surface area (Å²) in [6.07, 6.45) is 1.38. The monoisotopic (exact) mass is 315 g/mol. The lowest BCUT2D eigenvalue weighted by molar-refractivity contribution is -0.128. The summed E-state index contributed by atoms with van der Waals surface area (Å²) in [5, 5.41) is 3.67. The Morgan fingerprint density at radius 3 is 2.91 bits per heavy atom. The van der Waals surface area contributed by atoms with Gasteiger partial charge in [-0.05, 0) is 49.1 Å². The quantitative estimate of drug-likeness (QED) is 0.929. The van der Waals surface area contributed by atoms with Crippen LogP contribution >= 0.6 is 11.6 Å². The molecule has 0 aromatic heterocycles. The van der Waals surface area contributed by atoms with Crippen LogP contribution in [0.25, 0.3) is 0 Å². The zero-order valence-electron chi connectivity index (χ0n) is 12.4. The van der Waals surface area contributed by atoms with E-state index in [4.69, 9.17) is 16.3 Å². The van der Waals surface area contributed by atoms with Gasteiger partial charge in [-0.2, -0.15) is 0 Å². The van der Waals surface area contributed by atoms with Crippen LogP contribution in [0.2, 0.25) is 5.02 Å². The Morgan fingerprint density at radius 1 is 1.27 bits per heavy atom. The van der Waals surface area contributed by atoms with Gasteiger partial charge in [0, 0.05) is 5.02 Å². The van der Waals surface area contributed by atoms with Crippen LogP contribution in [0.5, 0.6) is 5.75 Å². The molecule has 1 amide bonds. The number of carbonyl (C=O) groups excluding carboxylic acids is 1. The van der Waals surface area contributed by atoms with Crippen molar-refractivity contribution in [3.63, 3.8) is 0 Å². The first-order chi connectivity index (χ1) is 10.6. The summed E-state index contributed by atoms with van der Waals surface area (Å²) in [5.74, 6) is 0.489. The molecule has 3 rings (SSSR count). The maximum atomic E-state index is 12.3. The zero-order valence-corrected chi connectivity index (χ0v) is 13.1. The topological polar surface area (TPSA) is 38.3 Å². The van der Waals surface area contributed by atoms with Crippen LogP contribution < -0.4 is 10.1 Å². The van der Waals surface area contributed by atoms with Crippen molar-refractivity contribution in [2.24, 2.45) is 0 Å². The van der Waals surface area contributed by atoms with Crippen LogP contribution in [0.3, 0.4) is 0 Å². The Hall–Kier alpha value is -2.00. The third kappa shape index (κ3) is 3.25. The summed E-state index contributed by atoms with van der Waals surface area (Å²) in [6.45, 7) is 1.75. The lowest BCUT2D eigenvalue weighted by Gasteiger charge is -2.19. The van der Waals surface area contributed by atoms with Crippen molar-refractivity contribution < 1.29 is 9.53 Å². The highest BCUT2D eigenvalue weighted by Crippen LogP contribution is 2.30. The van der Waals surface area contributed by atoms with Crippen molar-refractivity contribution in [3.8, 4) is 5.75 Å². The van der Waals surface area contributed by atoms with Gasteiger partial charge in [-0.1, -0.05) is 41.9 Å². The molecule has 114 valence electrons. The van der Waals surface area contributed by atoms with Crippen LogP contribution in [0.1, 0.15) is 30.5 Å². The van der Waals surface area contributed by atoms with Gasteiger partial charge in [0.25, 0.3) is 5.91 Å². The first-order valence-corrected chi connectivity index (χ1v) is 7.81. The van der Waals surface area contributed by atoms with E-state index in [0.29, 0.717) is 10.8 Å². The zero-order chi connectivity index (χ0) is 15.5. The summed E-state index contributed by atoms with van der Waals surface area (Å²) >= 11 is 5.92. The van der Waals surface area contributed by atoms with Crippen LogP contribution in [-0.2, 0) is 11.2 Å². The van der Waals surface area contributed by atoms with E-state index in [1.54, 1.807) is 31.2 Å². The fourth-order valence-corrected chi connectivity index (χ4v) is 2.97. The van der Waals surface area contributed by atoms with E-state index in [1.165, 1.54) is 11.1 Å². The molecular formula is C18H18ClNO2. The summed E-state index contributed by atoms with van der Waals surface area (Å²) in [4.78, 5) is 12.3. The largest absolute Gasteiger partial charge is 0.481 e. The first-order valence-electron chi connectivity index (χ1n) is 7.44. The van der Waals surface area contributed by atoms with Crippen LogP contribution in [0.15, 0.2) is 48.5 Å². The second-order valence-electron chi connectivity index (χ2n) is 5.52. The van der Waals surface area contributed by atoms with Gasteiger partial charge in [-0.3, -0.25) is 4.79 Å². The molecule has 2 atom stereocenters. The van der Waals surface area contributed by atoms with Gasteiger partial charge in [0.05, 0.1) is 6.04 Å². The molecule has 3 nitrogen and oxygen atoms in total. The number of nitrogens with one attached hydrogen (secondary N) is 1. The second-order valence-corrected chi connectivity index (χ2v) is 5.95. The van der Waals surface area contributed by atoms with Gasteiger partial charge in [0.15, 0.2) is 6.10 Å². The molecule has 0 fully saturated rings. The van der Waals surface area contributed by atoms with Crippen molar-refractivity contribution in [1.82, 2.24) is 5.32 Å². The Bertz CT molecular complexity index is 686. The van der Waals surface area contributed by atoms with E-state index in [0.717, 1.165) is 12.8 Å². The summed E-state index contributed by atoms with van der Waals surface area (Å²) in [5.41, 5.74) is 2.53. The molecular weight excluding hydrogens is 298 g/mol. The van der Waals surface area contributed by atoms with Crippen molar-refractivity contribution in [2.75, 3.05) is 0 Å². The van der Waals surface area contributed by atoms with Crippen LogP contribution in [0.4, 0.5) is 0 Å². The van der Waals surface area contributed by atoms with Crippen LogP contribution in [0, 0.1) is 0 Å². The van der Waals surface area contributed by atoms with E-state index in [-0.39, 0.29) is 11.9 Å². The number of hydrogen-bond acceptors (Lipinski definition) is 2. The molecule has 0 spiro atoms. The maximum Gasteiger partial charge on any atom is 0.261 e. The summed E-state index contributed by atoms with van der Waals surface area (Å²) in [6, 6.07) is 15.4. The van der Waals surface area contributed by atoms with Gasteiger partial charge in [0.2, 0.25) is 0 Å². The SMILES string of the molecule is CC(Oc1cccc(Cl)c1)C(=O)NC1CCc2ccccc21. The number of hydrogen-bond donors (Lipinski definition) is 1. The molecule has 1 aliphatic rings. The third-order valence-corrected chi connectivity index (χ3v) is 4.16. The number of amides is 1. The van der Waals surface area contributed by atoms with Crippen molar-refractivity contribution in [3.05, 3.63) is 64.7 Å². The highest BCUT2D eigenvalue weighted by molar-refractivity contribution is 6.30. The molecule has 1 aliphatic carbocycles. The number of benzene rings is 2. The Kier molecular flexibility index (Phi) is 4.34. The van der Waals surface area contributed by atoms with Gasteiger partial charge in [-0.15, -0.1) is 0 Å². The molecule has 0 saturated carbocycles. The number of aryl methyl sites for hydroxylation is 1. The van der Waals surface area contributed by atoms with Crippen LogP contribution in [-0.4, -0.2) is 12.0 Å². The molecule has 0 aliphatic heterocycles. The third-order valence-electron chi connectivity index (χ3n) is 3.93. The fourth-order valence-electron chi connectivity index (χ4n) is 2.79. The average molecular weight is 316 g/mol. The lowest BCUT2D eigenvalue weighted by Crippen LogP contribution is -2.38. The smallest absolute Gasteiger partial charge is 0.261 e. The molecule has 1 N–H and O–H groups in total. The molecule has 0 heterocycles. The predicted molar refractivity (Wildman–Crippen MR) is 87.2 cm³/mol. The molecule has 2 aromatic rings. The molecule has 4 heteroatoms. The number of carbonyl (C=O) groups is 1. The minimum absolute atomic E-state index is 0.0779. The Labute approximate surface area is 135 Å². The van der Waals surface area contributed by atoms with Gasteiger partial charge in [-0.25, -0.2) is 0 Å². The molecule has 22 heavy (non-hydrogen) atoms. The lowest BCUT2D eigenvalue weighted by atomic mass is 10.1. The normalized spacial score (nSPS) is 17.6. The van der Waals surface area contributed by atoms with Crippen molar-refractivity contribution >= 4 is 17.5 Å². The molecule has 0 saturated heterocycles. The minimum Gasteiger partial charge on any atom is -0.481 e. The molecule has 2 aromatic carbocycles. The number of fused-ring (bicyclic) bond motifs is 1. The van der Waals surface area contributed by atoms with Crippen molar-refractivity contribution in [2.45, 2.75) is 31.9 Å². The first kappa shape index (κ1) is 14.9. The van der Waals surface area contributed by atoms with Crippen molar-refractivity contribution in [1.29, 1.82) is 0 Å². The summed E-state index contributed by atoms with van der Waals surface area (Å²) < 4.78 is 5.66. The number of rotatable bonds is 4. The Balaban J connectivity index is 1.63. The maximum absolute atomic E-state index is 12.3. The highest BCUT2D eigenvalue weighted by atomic mass is 35.5. The second kappa shape index (κ2) is 6.41. The minimum atomic E-state index is -0.564. The number of halogens is 1. The summed E-state index contributed by atoms with van der Waals surface area (Å²) in [7, 11) is 0. The number of ether oxygens (including phenoxy) is 1. The van der Waals surface area contributed by atoms with Gasteiger partial charge in [0.1, 0.15) is 5.75 Å². The van der Waals surface area contributed by atoms with E-state index < -0.39 is 6.10 Å². The molecule has 2 unspecified atom stereocenters. The molecule has 0 bridgehead atoms. The van der Waals surface area contributed by atoms with E-state index >= 15 is 0 Å². The standard InChI is InChI=1S/C18H18ClNO2/c1-12(22-15-7-4-6-14(19)11-15)18(21)20-17-10-9-13-5-2-3-8-16(13)17/h2-8,11-12,17H,9-10H2,1H3,(H,20,21). The van der Waals surface area contributed by atoms with E-state index in [1.807, 2.05) is 12.1 Å². The predicted octanol–water partition coefficient (Wildman–Crippen LogP) is 3.91. The fraction of sp³-hybridized carbons (Fsp3) is 0.278. The van der Waals surface area contributed by atoms with E-state index in [9.17, 15) is 4.79 Å².